The second-order valence-electron chi connectivity index (χ2n) is 9.83. The minimum Gasteiger partial charge on any atom is -0.382 e. The van der Waals surface area contributed by atoms with Crippen LogP contribution in [0.25, 0.3) is 0 Å². The lowest BCUT2D eigenvalue weighted by molar-refractivity contribution is -0.388. The number of piperazine rings is 1. The van der Waals surface area contributed by atoms with Crippen molar-refractivity contribution in [2.75, 3.05) is 43.0 Å². The number of nitrogens with one attached hydrogen (secondary N) is 1. The average Bonchev–Trinajstić information content (AvgIpc) is 2.91. The highest BCUT2D eigenvalue weighted by Crippen LogP contribution is 2.38. The van der Waals surface area contributed by atoms with Crippen LogP contribution in [-0.2, 0) is 17.1 Å². The molecule has 1 saturated carbocycles. The molecule has 0 spiro atoms. The summed E-state index contributed by atoms with van der Waals surface area (Å²) in [5.41, 5.74) is -2.04. The van der Waals surface area contributed by atoms with E-state index in [2.05, 4.69) is 5.32 Å². The van der Waals surface area contributed by atoms with Gasteiger partial charge in [0.25, 0.3) is 5.69 Å². The lowest BCUT2D eigenvalue weighted by Gasteiger charge is -2.38. The smallest absolute Gasteiger partial charge is 0.382 e. The number of rotatable bonds is 7. The van der Waals surface area contributed by atoms with Gasteiger partial charge in [0.1, 0.15) is 10.6 Å². The highest BCUT2D eigenvalue weighted by Gasteiger charge is 2.38. The Morgan fingerprint density at radius 3 is 2.12 bits per heavy atom. The van der Waals surface area contributed by atoms with Crippen molar-refractivity contribution in [2.24, 2.45) is 0 Å². The van der Waals surface area contributed by atoms with E-state index in [9.17, 15) is 36.5 Å². The van der Waals surface area contributed by atoms with Crippen LogP contribution in [0.15, 0.2) is 42.5 Å². The molecule has 2 fully saturated rings. The van der Waals surface area contributed by atoms with E-state index in [4.69, 9.17) is 17.0 Å². The molecule has 1 saturated heterocycles. The number of benzene rings is 2. The Hall–Kier alpha value is -3.13. The van der Waals surface area contributed by atoms with Crippen LogP contribution in [0, 0.1) is 10.1 Å². The zero-order valence-electron chi connectivity index (χ0n) is 21.3. The molecular formula is C26H28F6N4O3S. The van der Waals surface area contributed by atoms with E-state index in [1.54, 1.807) is 0 Å². The van der Waals surface area contributed by atoms with E-state index in [1.165, 1.54) is 18.2 Å². The number of alkyl halides is 6. The molecule has 0 aromatic heterocycles. The van der Waals surface area contributed by atoms with Crippen molar-refractivity contribution >= 4 is 34.3 Å². The van der Waals surface area contributed by atoms with Crippen molar-refractivity contribution in [3.8, 4) is 0 Å². The lowest BCUT2D eigenvalue weighted by atomic mass is 9.92. The highest BCUT2D eigenvalue weighted by molar-refractivity contribution is 7.80. The van der Waals surface area contributed by atoms with Gasteiger partial charge in [-0.2, -0.15) is 26.3 Å². The van der Waals surface area contributed by atoms with Gasteiger partial charge in [0.05, 0.1) is 23.2 Å². The Morgan fingerprint density at radius 1 is 0.950 bits per heavy atom. The van der Waals surface area contributed by atoms with Gasteiger partial charge in [-0.25, -0.2) is 0 Å². The predicted molar refractivity (Wildman–Crippen MR) is 142 cm³/mol. The fraction of sp³-hybridized carbons (Fsp3) is 0.500. The Kier molecular flexibility index (Phi) is 9.08. The van der Waals surface area contributed by atoms with Gasteiger partial charge in [-0.1, -0.05) is 12.2 Å². The summed E-state index contributed by atoms with van der Waals surface area (Å²) in [6.07, 6.45) is -6.58. The number of ether oxygens (including phenoxy) is 1. The summed E-state index contributed by atoms with van der Waals surface area (Å²) in [6.45, 7) is 2.72. The van der Waals surface area contributed by atoms with Crippen LogP contribution >= 0.6 is 12.2 Å². The van der Waals surface area contributed by atoms with Gasteiger partial charge in [-0.3, -0.25) is 10.1 Å². The number of hydrogen-bond acceptors (Lipinski definition) is 6. The van der Waals surface area contributed by atoms with Crippen molar-refractivity contribution < 1.29 is 36.0 Å². The number of nitrogens with zero attached hydrogens (tertiary/aromatic N) is 3. The van der Waals surface area contributed by atoms with Gasteiger partial charge >= 0.3 is 12.4 Å². The first-order valence-electron chi connectivity index (χ1n) is 12.7. The molecule has 2 aliphatic rings. The van der Waals surface area contributed by atoms with Crippen LogP contribution < -0.4 is 10.2 Å². The third kappa shape index (κ3) is 7.53. The lowest BCUT2D eigenvalue weighted by Crippen LogP contribution is -2.49. The standard InChI is InChI=1S/C26H28F6N4O3S/c27-25(28,29)17-1-6-20(7-2-17)34-11-13-35(14-12-34)24(40)16-39-21-8-3-18(4-9-21)33-19-5-10-23(36(37)38)22(15-19)26(30,31)32/h1-2,5-7,10,15,18,21,33H,3-4,8-9,11-14,16H2/t18-,21-. The van der Waals surface area contributed by atoms with Gasteiger partial charge in [0.2, 0.25) is 0 Å². The summed E-state index contributed by atoms with van der Waals surface area (Å²) in [7, 11) is 0. The molecule has 2 aromatic rings. The predicted octanol–water partition coefficient (Wildman–Crippen LogP) is 6.52. The van der Waals surface area contributed by atoms with Crippen LogP contribution in [0.4, 0.5) is 43.4 Å². The first-order chi connectivity index (χ1) is 18.8. The molecule has 0 amide bonds. The molecule has 0 bridgehead atoms. The monoisotopic (exact) mass is 590 g/mol. The summed E-state index contributed by atoms with van der Waals surface area (Å²) in [5, 5.41) is 14.0. The summed E-state index contributed by atoms with van der Waals surface area (Å²) in [4.78, 5) is 14.6. The van der Waals surface area contributed by atoms with E-state index in [-0.39, 0.29) is 24.4 Å². The average molecular weight is 591 g/mol. The highest BCUT2D eigenvalue weighted by atomic mass is 32.1. The molecule has 14 heteroatoms. The van der Waals surface area contributed by atoms with Gasteiger partial charge in [0.15, 0.2) is 0 Å². The molecule has 218 valence electrons. The van der Waals surface area contributed by atoms with Crippen LogP contribution in [0.3, 0.4) is 0 Å². The van der Waals surface area contributed by atoms with E-state index in [1.807, 2.05) is 9.80 Å². The first-order valence-corrected chi connectivity index (χ1v) is 13.2. The normalized spacial score (nSPS) is 20.4. The van der Waals surface area contributed by atoms with Gasteiger partial charge < -0.3 is 19.9 Å². The number of halogens is 6. The van der Waals surface area contributed by atoms with Crippen LogP contribution in [-0.4, -0.2) is 59.7 Å². The number of nitro benzene ring substituents is 1. The molecule has 40 heavy (non-hydrogen) atoms. The van der Waals surface area contributed by atoms with Gasteiger partial charge in [-0.15, -0.1) is 0 Å². The Labute approximate surface area is 232 Å². The van der Waals surface area contributed by atoms with Crippen LogP contribution in [0.2, 0.25) is 0 Å². The quantitative estimate of drug-likeness (QED) is 0.170. The number of hydrogen-bond donors (Lipinski definition) is 1. The Balaban J connectivity index is 1.19. The maximum absolute atomic E-state index is 13.2. The van der Waals surface area contributed by atoms with Crippen LogP contribution in [0.5, 0.6) is 0 Å². The molecule has 1 heterocycles. The second-order valence-corrected chi connectivity index (χ2v) is 10.3. The Morgan fingerprint density at radius 2 is 1.57 bits per heavy atom. The Bertz CT molecular complexity index is 1190. The summed E-state index contributed by atoms with van der Waals surface area (Å²) < 4.78 is 84.1. The van der Waals surface area contributed by atoms with Crippen molar-refractivity contribution in [1.29, 1.82) is 0 Å². The molecule has 1 N–H and O–H groups in total. The minimum atomic E-state index is -4.83. The zero-order valence-corrected chi connectivity index (χ0v) is 22.1. The molecule has 0 radical (unpaired) electrons. The fourth-order valence-corrected chi connectivity index (χ4v) is 5.23. The topological polar surface area (TPSA) is 70.9 Å². The molecule has 1 aliphatic heterocycles. The van der Waals surface area contributed by atoms with Crippen molar-refractivity contribution in [2.45, 2.75) is 50.2 Å². The SMILES string of the molecule is O=[N+]([O-])c1ccc(N[C@H]2CC[C@H](OCC(=S)N3CCN(c4ccc(C(F)(F)F)cc4)CC3)CC2)cc1C(F)(F)F. The maximum Gasteiger partial charge on any atom is 0.423 e. The molecule has 0 unspecified atom stereocenters. The zero-order chi connectivity index (χ0) is 29.1. The van der Waals surface area contributed by atoms with Crippen molar-refractivity contribution in [3.05, 3.63) is 63.7 Å². The number of nitro groups is 1. The van der Waals surface area contributed by atoms with Crippen molar-refractivity contribution in [1.82, 2.24) is 4.90 Å². The number of thiocarbonyl (C=S) groups is 1. The van der Waals surface area contributed by atoms with Crippen molar-refractivity contribution in [3.63, 3.8) is 0 Å². The molecule has 1 aliphatic carbocycles. The molecule has 7 nitrogen and oxygen atoms in total. The van der Waals surface area contributed by atoms with Gasteiger partial charge in [-0.05, 0) is 62.1 Å². The second kappa shape index (κ2) is 12.2. The summed E-state index contributed by atoms with van der Waals surface area (Å²) in [5.74, 6) is 0. The maximum atomic E-state index is 13.2. The third-order valence-corrected chi connectivity index (χ3v) is 7.55. The summed E-state index contributed by atoms with van der Waals surface area (Å²) >= 11 is 5.54. The van der Waals surface area contributed by atoms with E-state index in [0.717, 1.165) is 30.0 Å². The minimum absolute atomic E-state index is 0.0490. The third-order valence-electron chi connectivity index (χ3n) is 7.18. The molecule has 2 aromatic carbocycles. The largest absolute Gasteiger partial charge is 0.423 e. The fourth-order valence-electron chi connectivity index (χ4n) is 4.98. The van der Waals surface area contributed by atoms with E-state index >= 15 is 0 Å². The number of anilines is 2. The summed E-state index contributed by atoms with van der Waals surface area (Å²) in [6, 6.07) is 7.94. The molecule has 0 atom stereocenters. The van der Waals surface area contributed by atoms with E-state index in [0.29, 0.717) is 56.9 Å². The first kappa shape index (κ1) is 29.8. The van der Waals surface area contributed by atoms with E-state index < -0.39 is 34.1 Å². The van der Waals surface area contributed by atoms with Gasteiger partial charge in [0, 0.05) is 49.7 Å². The molecular weight excluding hydrogens is 562 g/mol. The van der Waals surface area contributed by atoms with Crippen LogP contribution in [0.1, 0.15) is 36.8 Å². The molecule has 4 rings (SSSR count).